The van der Waals surface area contributed by atoms with Gasteiger partial charge in [0.25, 0.3) is 0 Å². The highest BCUT2D eigenvalue weighted by molar-refractivity contribution is 5.61. The zero-order valence-electron chi connectivity index (χ0n) is 21.6. The second-order valence-corrected chi connectivity index (χ2v) is 9.57. The van der Waals surface area contributed by atoms with Crippen molar-refractivity contribution in [2.45, 2.75) is 38.9 Å². The molecule has 0 spiro atoms. The topological polar surface area (TPSA) is 61.7 Å². The Balaban J connectivity index is 1.65. The zero-order valence-corrected chi connectivity index (χ0v) is 21.6. The highest BCUT2D eigenvalue weighted by Gasteiger charge is 2.25. The summed E-state index contributed by atoms with van der Waals surface area (Å²) in [6.45, 7) is 10.5. The Morgan fingerprint density at radius 1 is 1.06 bits per heavy atom. The van der Waals surface area contributed by atoms with Crippen molar-refractivity contribution in [3.8, 4) is 11.4 Å². The third-order valence-corrected chi connectivity index (χ3v) is 6.69. The van der Waals surface area contributed by atoms with E-state index < -0.39 is 0 Å². The van der Waals surface area contributed by atoms with Crippen LogP contribution in [-0.2, 0) is 17.8 Å². The van der Waals surface area contributed by atoms with Crippen LogP contribution in [0.5, 0.6) is 0 Å². The average Bonchev–Trinajstić information content (AvgIpc) is 2.89. The first-order chi connectivity index (χ1) is 17.6. The fraction of sp³-hybridized carbons (Fsp3) is 0.400. The van der Waals surface area contributed by atoms with E-state index in [1.165, 1.54) is 11.1 Å². The molecule has 1 atom stereocenters. The molecule has 0 aliphatic carbocycles. The second-order valence-electron chi connectivity index (χ2n) is 9.57. The van der Waals surface area contributed by atoms with Gasteiger partial charge in [-0.3, -0.25) is 4.90 Å². The molecule has 0 unspecified atom stereocenters. The van der Waals surface area contributed by atoms with Crippen LogP contribution in [0.4, 0.5) is 5.82 Å². The number of nitrogens with zero attached hydrogens (tertiary/aromatic N) is 4. The van der Waals surface area contributed by atoms with E-state index in [-0.39, 0.29) is 6.10 Å². The lowest BCUT2D eigenvalue weighted by Crippen LogP contribution is -2.49. The zero-order chi connectivity index (χ0) is 25.3. The minimum absolute atomic E-state index is 0.316. The Morgan fingerprint density at radius 3 is 2.53 bits per heavy atom. The van der Waals surface area contributed by atoms with Crippen LogP contribution in [0, 0.1) is 6.92 Å². The molecule has 6 nitrogen and oxygen atoms in total. The molecular weight excluding hydrogens is 448 g/mol. The molecule has 6 heteroatoms. The number of β-amino-alcohol motifs (C(OH)–C–C–N with tert-alkyl or cyclic N) is 1. The molecule has 0 bridgehead atoms. The van der Waals surface area contributed by atoms with Gasteiger partial charge in [-0.2, -0.15) is 0 Å². The third kappa shape index (κ3) is 6.78. The van der Waals surface area contributed by atoms with Gasteiger partial charge >= 0.3 is 0 Å². The van der Waals surface area contributed by atoms with E-state index in [9.17, 15) is 5.11 Å². The molecule has 2 aromatic carbocycles. The fourth-order valence-corrected chi connectivity index (χ4v) is 4.80. The smallest absolute Gasteiger partial charge is 0.161 e. The van der Waals surface area contributed by atoms with E-state index in [1.54, 1.807) is 7.11 Å². The van der Waals surface area contributed by atoms with Gasteiger partial charge in [-0.05, 0) is 25.3 Å². The van der Waals surface area contributed by atoms with Crippen LogP contribution >= 0.6 is 0 Å². The first-order valence-electron chi connectivity index (χ1n) is 12.8. The van der Waals surface area contributed by atoms with Crippen LogP contribution in [0.3, 0.4) is 0 Å². The molecule has 190 valence electrons. The van der Waals surface area contributed by atoms with E-state index in [2.05, 4.69) is 59.7 Å². The monoisotopic (exact) mass is 486 g/mol. The minimum atomic E-state index is -0.316. The number of rotatable bonds is 11. The predicted octanol–water partition coefficient (Wildman–Crippen LogP) is 4.64. The van der Waals surface area contributed by atoms with Crippen molar-refractivity contribution in [3.63, 3.8) is 0 Å². The highest BCUT2D eigenvalue weighted by Crippen LogP contribution is 2.29. The maximum absolute atomic E-state index is 10.4. The molecule has 1 aliphatic heterocycles. The first-order valence-corrected chi connectivity index (χ1v) is 12.8. The Kier molecular flexibility index (Phi) is 9.23. The number of aryl methyl sites for hydroxylation is 1. The number of piperazine rings is 1. The van der Waals surface area contributed by atoms with Crippen molar-refractivity contribution in [2.75, 3.05) is 44.7 Å². The van der Waals surface area contributed by atoms with Crippen molar-refractivity contribution in [3.05, 3.63) is 89.6 Å². The van der Waals surface area contributed by atoms with Gasteiger partial charge in [0.1, 0.15) is 5.82 Å². The summed E-state index contributed by atoms with van der Waals surface area (Å²) in [6.07, 6.45) is 3.91. The van der Waals surface area contributed by atoms with Gasteiger partial charge < -0.3 is 14.7 Å². The molecule has 1 aromatic heterocycles. The number of hydrogen-bond donors (Lipinski definition) is 1. The van der Waals surface area contributed by atoms with Crippen molar-refractivity contribution in [2.24, 2.45) is 0 Å². The van der Waals surface area contributed by atoms with Crippen LogP contribution in [0.25, 0.3) is 11.4 Å². The Labute approximate surface area is 215 Å². The SMILES string of the molecule is C=CCC[C@H](O)CN1CCN(c2nc(-c3ccccc3)nc(COC)c2Cc2cccc(C)c2)CC1. The highest BCUT2D eigenvalue weighted by atomic mass is 16.5. The summed E-state index contributed by atoms with van der Waals surface area (Å²) in [7, 11) is 1.72. The van der Waals surface area contributed by atoms with Gasteiger partial charge in [0.15, 0.2) is 5.82 Å². The maximum Gasteiger partial charge on any atom is 0.161 e. The van der Waals surface area contributed by atoms with Crippen LogP contribution < -0.4 is 4.90 Å². The molecule has 0 amide bonds. The maximum atomic E-state index is 10.4. The quantitative estimate of drug-likeness (QED) is 0.399. The number of allylic oxidation sites excluding steroid dienone is 1. The number of benzene rings is 2. The lowest BCUT2D eigenvalue weighted by atomic mass is 10.0. The molecule has 1 N–H and O–H groups in total. The predicted molar refractivity (Wildman–Crippen MR) is 146 cm³/mol. The molecule has 1 saturated heterocycles. The van der Waals surface area contributed by atoms with Crippen molar-refractivity contribution in [1.82, 2.24) is 14.9 Å². The Hall–Kier alpha value is -3.06. The summed E-state index contributed by atoms with van der Waals surface area (Å²) in [4.78, 5) is 14.8. The molecule has 1 aliphatic rings. The molecule has 0 saturated carbocycles. The van der Waals surface area contributed by atoms with Gasteiger partial charge in [0.2, 0.25) is 0 Å². The summed E-state index contributed by atoms with van der Waals surface area (Å²) < 4.78 is 5.60. The molecular formula is C30H38N4O2. The van der Waals surface area contributed by atoms with Crippen LogP contribution in [0.2, 0.25) is 0 Å². The number of methoxy groups -OCH3 is 1. The van der Waals surface area contributed by atoms with E-state index in [0.29, 0.717) is 13.2 Å². The van der Waals surface area contributed by atoms with Crippen molar-refractivity contribution < 1.29 is 9.84 Å². The Morgan fingerprint density at radius 2 is 1.83 bits per heavy atom. The normalized spacial score (nSPS) is 15.1. The molecule has 36 heavy (non-hydrogen) atoms. The number of anilines is 1. The summed E-state index contributed by atoms with van der Waals surface area (Å²) in [5.41, 5.74) is 5.55. The third-order valence-electron chi connectivity index (χ3n) is 6.69. The van der Waals surface area contributed by atoms with Crippen LogP contribution in [0.15, 0.2) is 67.3 Å². The summed E-state index contributed by atoms with van der Waals surface area (Å²) in [5.74, 6) is 1.72. The van der Waals surface area contributed by atoms with Crippen LogP contribution in [-0.4, -0.2) is 65.9 Å². The van der Waals surface area contributed by atoms with E-state index >= 15 is 0 Å². The average molecular weight is 487 g/mol. The molecule has 2 heterocycles. The number of ether oxygens (including phenoxy) is 1. The lowest BCUT2D eigenvalue weighted by molar-refractivity contribution is 0.103. The Bertz CT molecular complexity index is 1130. The number of aromatic nitrogens is 2. The fourth-order valence-electron chi connectivity index (χ4n) is 4.80. The minimum Gasteiger partial charge on any atom is -0.392 e. The van der Waals surface area contributed by atoms with Gasteiger partial charge in [-0.25, -0.2) is 9.97 Å². The van der Waals surface area contributed by atoms with E-state index in [4.69, 9.17) is 14.7 Å². The van der Waals surface area contributed by atoms with E-state index in [0.717, 1.165) is 73.9 Å². The van der Waals surface area contributed by atoms with Crippen LogP contribution in [0.1, 0.15) is 35.2 Å². The molecule has 3 aromatic rings. The second kappa shape index (κ2) is 12.8. The number of aliphatic hydroxyl groups excluding tert-OH is 1. The van der Waals surface area contributed by atoms with Gasteiger partial charge in [-0.1, -0.05) is 66.2 Å². The lowest BCUT2D eigenvalue weighted by Gasteiger charge is -2.37. The summed E-state index contributed by atoms with van der Waals surface area (Å²) in [5, 5.41) is 10.4. The number of aliphatic hydroxyl groups is 1. The first kappa shape index (κ1) is 26.0. The summed E-state index contributed by atoms with van der Waals surface area (Å²) in [6, 6.07) is 18.8. The molecule has 4 rings (SSSR count). The van der Waals surface area contributed by atoms with E-state index in [1.807, 2.05) is 24.3 Å². The van der Waals surface area contributed by atoms with Gasteiger partial charge in [0.05, 0.1) is 18.4 Å². The van der Waals surface area contributed by atoms with Gasteiger partial charge in [0, 0.05) is 57.4 Å². The summed E-state index contributed by atoms with van der Waals surface area (Å²) >= 11 is 0. The molecule has 1 fully saturated rings. The largest absolute Gasteiger partial charge is 0.392 e. The van der Waals surface area contributed by atoms with Crippen molar-refractivity contribution in [1.29, 1.82) is 0 Å². The van der Waals surface area contributed by atoms with Gasteiger partial charge in [-0.15, -0.1) is 6.58 Å². The van der Waals surface area contributed by atoms with Crippen molar-refractivity contribution >= 4 is 5.82 Å². The molecule has 0 radical (unpaired) electrons. The number of hydrogen-bond acceptors (Lipinski definition) is 6. The standard InChI is InChI=1S/C30H38N4O2/c1-4-5-14-26(35)21-33-15-17-34(18-16-33)30-27(20-24-11-9-10-23(2)19-24)28(22-36-3)31-29(32-30)25-12-7-6-8-13-25/h4,6-13,19,26,35H,1,5,14-18,20-22H2,2-3H3/t26-/m0/s1.